The molecule has 0 spiro atoms. The van der Waals surface area contributed by atoms with E-state index < -0.39 is 5.79 Å². The molecule has 1 unspecified atom stereocenters. The lowest BCUT2D eigenvalue weighted by Crippen LogP contribution is -2.25. The number of fused-ring (bicyclic) bond motifs is 3. The van der Waals surface area contributed by atoms with Gasteiger partial charge in [-0.25, -0.2) is 4.98 Å². The van der Waals surface area contributed by atoms with Crippen LogP contribution in [0.1, 0.15) is 37.9 Å². The van der Waals surface area contributed by atoms with Gasteiger partial charge in [-0.2, -0.15) is 0 Å². The molecular weight excluding hydrogens is 428 g/mol. The van der Waals surface area contributed by atoms with Gasteiger partial charge in [0.05, 0.1) is 29.9 Å². The van der Waals surface area contributed by atoms with Crippen LogP contribution in [-0.4, -0.2) is 39.6 Å². The van der Waals surface area contributed by atoms with Gasteiger partial charge in [-0.3, -0.25) is 4.98 Å². The molecule has 2 N–H and O–H groups in total. The van der Waals surface area contributed by atoms with Gasteiger partial charge in [-0.1, -0.05) is 36.4 Å². The third-order valence-electron chi connectivity index (χ3n) is 6.34. The van der Waals surface area contributed by atoms with Crippen LogP contribution in [-0.2, 0) is 33.9 Å². The van der Waals surface area contributed by atoms with E-state index in [4.69, 9.17) is 29.9 Å². The van der Waals surface area contributed by atoms with Crippen LogP contribution in [0, 0.1) is 6.92 Å². The molecule has 1 aliphatic heterocycles. The first kappa shape index (κ1) is 22.9. The molecule has 2 aromatic carbocycles. The van der Waals surface area contributed by atoms with E-state index in [0.29, 0.717) is 32.9 Å². The first-order valence-corrected chi connectivity index (χ1v) is 11.9. The minimum atomic E-state index is -0.574. The fourth-order valence-corrected chi connectivity index (χ4v) is 4.65. The fourth-order valence-electron chi connectivity index (χ4n) is 4.65. The fraction of sp³-hybridized carbons (Fsp3) is 0.407. The Hall–Kier alpha value is -2.84. The normalized spacial score (nSPS) is 17.7. The Morgan fingerprint density at radius 1 is 1.12 bits per heavy atom. The molecule has 0 saturated carbocycles. The smallest absolute Gasteiger partial charge is 0.163 e. The van der Waals surface area contributed by atoms with Gasteiger partial charge in [0.2, 0.25) is 0 Å². The van der Waals surface area contributed by atoms with Crippen molar-refractivity contribution < 1.29 is 14.2 Å². The van der Waals surface area contributed by atoms with Crippen LogP contribution in [0.15, 0.2) is 42.5 Å². The van der Waals surface area contributed by atoms with E-state index in [-0.39, 0.29) is 6.10 Å². The molecular formula is C27H32N4O3. The first-order valence-electron chi connectivity index (χ1n) is 11.9. The number of ether oxygens (including phenoxy) is 3. The van der Waals surface area contributed by atoms with Gasteiger partial charge in [0, 0.05) is 18.5 Å². The average Bonchev–Trinajstić information content (AvgIpc) is 3.37. The highest BCUT2D eigenvalue weighted by atomic mass is 16.7. The molecule has 1 fully saturated rings. The SMILES string of the molecule is CCOCc1nc2c(C)nc3cc(-c4ccc(CN)cc4)ccc3c2n1CC1COC(C)(C)O1. The van der Waals surface area contributed by atoms with Crippen LogP contribution in [0.4, 0.5) is 0 Å². The molecule has 7 heteroatoms. The van der Waals surface area contributed by atoms with Crippen LogP contribution in [0.5, 0.6) is 0 Å². The monoisotopic (exact) mass is 460 g/mol. The van der Waals surface area contributed by atoms with E-state index in [1.165, 1.54) is 0 Å². The van der Waals surface area contributed by atoms with Crippen molar-refractivity contribution in [1.29, 1.82) is 0 Å². The van der Waals surface area contributed by atoms with E-state index in [9.17, 15) is 0 Å². The topological polar surface area (TPSA) is 84.4 Å². The minimum absolute atomic E-state index is 0.0587. The van der Waals surface area contributed by atoms with Gasteiger partial charge >= 0.3 is 0 Å². The van der Waals surface area contributed by atoms with E-state index >= 15 is 0 Å². The minimum Gasteiger partial charge on any atom is -0.374 e. The summed E-state index contributed by atoms with van der Waals surface area (Å²) in [6, 6.07) is 14.8. The molecule has 0 amide bonds. The average molecular weight is 461 g/mol. The highest BCUT2D eigenvalue weighted by Crippen LogP contribution is 2.32. The maximum Gasteiger partial charge on any atom is 0.163 e. The van der Waals surface area contributed by atoms with Crippen LogP contribution < -0.4 is 5.73 Å². The third kappa shape index (κ3) is 4.32. The number of benzene rings is 2. The maximum atomic E-state index is 6.13. The second-order valence-electron chi connectivity index (χ2n) is 9.25. The van der Waals surface area contributed by atoms with Crippen LogP contribution in [0.25, 0.3) is 33.1 Å². The molecule has 3 heterocycles. The molecule has 5 rings (SSSR count). The van der Waals surface area contributed by atoms with E-state index in [0.717, 1.165) is 50.1 Å². The van der Waals surface area contributed by atoms with E-state index in [2.05, 4.69) is 47.0 Å². The van der Waals surface area contributed by atoms with Gasteiger partial charge < -0.3 is 24.5 Å². The number of hydrogen-bond donors (Lipinski definition) is 1. The molecule has 1 aliphatic rings. The zero-order valence-electron chi connectivity index (χ0n) is 20.3. The number of rotatable bonds is 7. The van der Waals surface area contributed by atoms with Crippen LogP contribution in [0.3, 0.4) is 0 Å². The summed E-state index contributed by atoms with van der Waals surface area (Å²) >= 11 is 0. The lowest BCUT2D eigenvalue weighted by atomic mass is 10.0. The Bertz CT molecular complexity index is 1330. The van der Waals surface area contributed by atoms with Gasteiger partial charge in [0.15, 0.2) is 5.79 Å². The highest BCUT2D eigenvalue weighted by molar-refractivity contribution is 6.04. The second kappa shape index (κ2) is 9.07. The van der Waals surface area contributed by atoms with E-state index in [1.54, 1.807) is 0 Å². The third-order valence-corrected chi connectivity index (χ3v) is 6.34. The Kier molecular flexibility index (Phi) is 6.12. The number of pyridine rings is 1. The van der Waals surface area contributed by atoms with Crippen molar-refractivity contribution in [3.8, 4) is 11.1 Å². The van der Waals surface area contributed by atoms with Crippen LogP contribution in [0.2, 0.25) is 0 Å². The first-order chi connectivity index (χ1) is 16.4. The summed E-state index contributed by atoms with van der Waals surface area (Å²) in [7, 11) is 0. The summed E-state index contributed by atoms with van der Waals surface area (Å²) < 4.78 is 19.9. The summed E-state index contributed by atoms with van der Waals surface area (Å²) in [5.41, 5.74) is 13.0. The maximum absolute atomic E-state index is 6.13. The molecule has 34 heavy (non-hydrogen) atoms. The van der Waals surface area contributed by atoms with Crippen molar-refractivity contribution in [1.82, 2.24) is 14.5 Å². The molecule has 2 aromatic heterocycles. The lowest BCUT2D eigenvalue weighted by Gasteiger charge is -2.18. The molecule has 0 radical (unpaired) electrons. The van der Waals surface area contributed by atoms with Gasteiger partial charge in [0.1, 0.15) is 24.1 Å². The quantitative estimate of drug-likeness (QED) is 0.430. The molecule has 0 aliphatic carbocycles. The van der Waals surface area contributed by atoms with Gasteiger partial charge in [-0.05, 0) is 50.5 Å². The predicted molar refractivity (Wildman–Crippen MR) is 133 cm³/mol. The molecule has 4 aromatic rings. The predicted octanol–water partition coefficient (Wildman–Crippen LogP) is 4.71. The Balaban J connectivity index is 1.63. The zero-order chi connectivity index (χ0) is 23.9. The van der Waals surface area contributed by atoms with Crippen molar-refractivity contribution in [2.75, 3.05) is 13.2 Å². The standard InChI is InChI=1S/C27H32N4O3/c1-5-32-16-24-30-25-17(2)29-23-12-20(19-8-6-18(13-28)7-9-19)10-11-22(23)26(25)31(24)14-21-15-33-27(3,4)34-21/h6-12,21H,5,13-16,28H2,1-4H3. The van der Waals surface area contributed by atoms with Crippen molar-refractivity contribution in [2.45, 2.75) is 59.3 Å². The molecule has 178 valence electrons. The molecule has 1 atom stereocenters. The summed E-state index contributed by atoms with van der Waals surface area (Å²) in [5.74, 6) is 0.304. The number of nitrogens with zero attached hydrogens (tertiary/aromatic N) is 3. The Morgan fingerprint density at radius 3 is 2.56 bits per heavy atom. The van der Waals surface area contributed by atoms with Crippen molar-refractivity contribution >= 4 is 21.9 Å². The lowest BCUT2D eigenvalue weighted by molar-refractivity contribution is -0.139. The van der Waals surface area contributed by atoms with Crippen molar-refractivity contribution in [2.24, 2.45) is 5.73 Å². The zero-order valence-corrected chi connectivity index (χ0v) is 20.3. The van der Waals surface area contributed by atoms with Crippen molar-refractivity contribution in [3.05, 3.63) is 59.5 Å². The Labute approximate surface area is 199 Å². The number of aromatic nitrogens is 3. The number of nitrogens with two attached hydrogens (primary N) is 1. The largest absolute Gasteiger partial charge is 0.374 e. The Morgan fingerprint density at radius 2 is 1.88 bits per heavy atom. The number of aryl methyl sites for hydroxylation is 1. The number of hydrogen-bond acceptors (Lipinski definition) is 6. The van der Waals surface area contributed by atoms with Gasteiger partial charge in [-0.15, -0.1) is 0 Å². The molecule has 7 nitrogen and oxygen atoms in total. The van der Waals surface area contributed by atoms with Crippen LogP contribution >= 0.6 is 0 Å². The molecule has 1 saturated heterocycles. The number of imidazole rings is 1. The summed E-state index contributed by atoms with van der Waals surface area (Å²) in [4.78, 5) is 9.87. The second-order valence-corrected chi connectivity index (χ2v) is 9.25. The summed E-state index contributed by atoms with van der Waals surface area (Å²) in [6.07, 6.45) is -0.0587. The van der Waals surface area contributed by atoms with Crippen molar-refractivity contribution in [3.63, 3.8) is 0 Å². The summed E-state index contributed by atoms with van der Waals surface area (Å²) in [5, 5.41) is 1.07. The summed E-state index contributed by atoms with van der Waals surface area (Å²) in [6.45, 7) is 10.7. The highest BCUT2D eigenvalue weighted by Gasteiger charge is 2.33. The van der Waals surface area contributed by atoms with E-state index in [1.807, 2.05) is 27.7 Å². The van der Waals surface area contributed by atoms with Gasteiger partial charge in [0.25, 0.3) is 0 Å². The molecule has 0 bridgehead atoms.